The molecule has 0 fully saturated rings. The maximum Gasteiger partial charge on any atom is 0.326 e. The predicted molar refractivity (Wildman–Crippen MR) is 198 cm³/mol. The number of phenolic OH excluding ortho intramolecular Hbond substituents is 1. The minimum Gasteiger partial charge on any atom is -0.508 e. The second-order valence-electron chi connectivity index (χ2n) is 13.7. The van der Waals surface area contributed by atoms with Crippen molar-refractivity contribution in [3.63, 3.8) is 0 Å². The lowest BCUT2D eigenvalue weighted by atomic mass is 9.89. The van der Waals surface area contributed by atoms with Crippen molar-refractivity contribution < 1.29 is 29.3 Å². The van der Waals surface area contributed by atoms with Gasteiger partial charge in [0.1, 0.15) is 18.4 Å². The maximum absolute atomic E-state index is 14.3. The fraction of sp³-hybridized carbons (Fsp3) is 0.279. The number of rotatable bonds is 10. The second-order valence-corrected chi connectivity index (χ2v) is 13.7. The molecule has 4 aromatic carbocycles. The Morgan fingerprint density at radius 3 is 2.38 bits per heavy atom. The van der Waals surface area contributed by atoms with Gasteiger partial charge in [0.2, 0.25) is 5.91 Å². The number of nitrogens with zero attached hydrogens (tertiary/aromatic N) is 2. The van der Waals surface area contributed by atoms with Crippen molar-refractivity contribution in [3.8, 4) is 28.4 Å². The van der Waals surface area contributed by atoms with Gasteiger partial charge in [-0.3, -0.25) is 14.7 Å². The molecule has 2 aliphatic heterocycles. The highest BCUT2D eigenvalue weighted by Crippen LogP contribution is 2.42. The topological polar surface area (TPSA) is 121 Å². The number of amides is 1. The van der Waals surface area contributed by atoms with E-state index in [1.165, 1.54) is 0 Å². The first kappa shape index (κ1) is 34.8. The van der Waals surface area contributed by atoms with Crippen LogP contribution >= 0.6 is 0 Å². The summed E-state index contributed by atoms with van der Waals surface area (Å²) < 4.78 is 12.6. The van der Waals surface area contributed by atoms with Crippen LogP contribution in [0.3, 0.4) is 0 Å². The number of carbonyl (C=O) groups excluding carboxylic acids is 1. The zero-order chi connectivity index (χ0) is 36.4. The molecule has 5 aromatic rings. The van der Waals surface area contributed by atoms with Gasteiger partial charge in [-0.15, -0.1) is 0 Å². The Hall–Kier alpha value is -5.67. The lowest BCUT2D eigenvalue weighted by Gasteiger charge is -2.42. The smallest absolute Gasteiger partial charge is 0.326 e. The number of hydrogen-bond donors (Lipinski definition) is 3. The zero-order valence-electron chi connectivity index (χ0n) is 29.6. The van der Waals surface area contributed by atoms with E-state index in [0.717, 1.165) is 56.6 Å². The number of aliphatic carboxylic acids is 1. The van der Waals surface area contributed by atoms with Crippen molar-refractivity contribution in [2.45, 2.75) is 70.8 Å². The van der Waals surface area contributed by atoms with E-state index >= 15 is 0 Å². The molecule has 52 heavy (non-hydrogen) atoms. The Kier molecular flexibility index (Phi) is 9.96. The van der Waals surface area contributed by atoms with Gasteiger partial charge < -0.3 is 25.0 Å². The van der Waals surface area contributed by atoms with Gasteiger partial charge in [0.25, 0.3) is 0 Å². The van der Waals surface area contributed by atoms with Gasteiger partial charge in [0.15, 0.2) is 17.6 Å². The van der Waals surface area contributed by atoms with E-state index in [2.05, 4.69) is 34.3 Å². The van der Waals surface area contributed by atoms with Gasteiger partial charge in [0.05, 0.1) is 6.04 Å². The number of carboxylic acid groups (broad SMARTS) is 1. The molecule has 1 unspecified atom stereocenters. The number of ether oxygens (including phenoxy) is 2. The molecule has 1 amide bonds. The number of nitrogens with one attached hydrogen (secondary N) is 1. The van der Waals surface area contributed by atoms with Gasteiger partial charge in [-0.1, -0.05) is 73.7 Å². The molecule has 9 nitrogen and oxygen atoms in total. The van der Waals surface area contributed by atoms with Gasteiger partial charge in [-0.05, 0) is 102 Å². The summed E-state index contributed by atoms with van der Waals surface area (Å²) in [6, 6.07) is 29.0. The van der Waals surface area contributed by atoms with E-state index in [9.17, 15) is 19.8 Å². The summed E-state index contributed by atoms with van der Waals surface area (Å²) in [6.07, 6.45) is 2.75. The van der Waals surface area contributed by atoms with E-state index < -0.39 is 18.1 Å². The lowest BCUT2D eigenvalue weighted by Crippen LogP contribution is -2.55. The van der Waals surface area contributed by atoms with Gasteiger partial charge in [-0.25, -0.2) is 4.79 Å². The molecule has 0 saturated carbocycles. The number of carbonyl (C=O) groups is 2. The third-order valence-corrected chi connectivity index (χ3v) is 10.4. The quantitative estimate of drug-likeness (QED) is 0.139. The minimum atomic E-state index is -1.11. The number of pyridine rings is 1. The van der Waals surface area contributed by atoms with Crippen molar-refractivity contribution >= 4 is 11.9 Å². The molecule has 0 aliphatic carbocycles. The Morgan fingerprint density at radius 2 is 1.67 bits per heavy atom. The van der Waals surface area contributed by atoms with Crippen molar-refractivity contribution in [2.75, 3.05) is 6.61 Å². The number of phenols is 1. The summed E-state index contributed by atoms with van der Waals surface area (Å²) >= 11 is 0. The molecule has 3 heterocycles. The zero-order valence-corrected chi connectivity index (χ0v) is 29.6. The summed E-state index contributed by atoms with van der Waals surface area (Å²) in [5, 5.41) is 23.0. The van der Waals surface area contributed by atoms with E-state index in [1.807, 2.05) is 86.6 Å². The molecule has 7 rings (SSSR count). The lowest BCUT2D eigenvalue weighted by molar-refractivity contribution is -0.143. The van der Waals surface area contributed by atoms with Crippen LogP contribution in [0.15, 0.2) is 103 Å². The van der Waals surface area contributed by atoms with Crippen LogP contribution in [0, 0.1) is 13.8 Å². The summed E-state index contributed by atoms with van der Waals surface area (Å²) in [4.78, 5) is 33.5. The number of aryl methyl sites for hydroxylation is 1. The normalized spacial score (nSPS) is 17.8. The molecule has 0 saturated heterocycles. The molecule has 0 radical (unpaired) electrons. The Balaban J connectivity index is 1.14. The molecule has 9 heteroatoms. The summed E-state index contributed by atoms with van der Waals surface area (Å²) in [7, 11) is 0. The molecule has 4 atom stereocenters. The predicted octanol–water partition coefficient (Wildman–Crippen LogP) is 7.27. The van der Waals surface area contributed by atoms with Crippen molar-refractivity contribution in [1.82, 2.24) is 15.2 Å². The fourth-order valence-corrected chi connectivity index (χ4v) is 7.41. The van der Waals surface area contributed by atoms with E-state index in [-0.39, 0.29) is 30.2 Å². The first-order chi connectivity index (χ1) is 25.2. The molecule has 3 N–H and O–H groups in total. The summed E-state index contributed by atoms with van der Waals surface area (Å²) in [5.74, 6) is 0.0196. The first-order valence-electron chi connectivity index (χ1n) is 17.8. The average molecular weight is 698 g/mol. The fourth-order valence-electron chi connectivity index (χ4n) is 7.41. The molecular weight excluding hydrogens is 654 g/mol. The molecular formula is C43H43N3O6. The number of aromatic nitrogens is 1. The van der Waals surface area contributed by atoms with Crippen LogP contribution in [-0.2, 0) is 29.0 Å². The Bertz CT molecular complexity index is 2070. The van der Waals surface area contributed by atoms with Gasteiger partial charge >= 0.3 is 5.97 Å². The number of fused-ring (bicyclic) bond motifs is 2. The molecule has 0 bridgehead atoms. The minimum absolute atomic E-state index is 0.0841. The standard InChI is InChI=1S/C43H43N3O6/c1-4-37(30-8-6-5-7-9-30)46-24-33-23-40-39(51-25-41(52-40)31-14-16-34(47)17-15-31)22-32(33)21-38(46)42(48)45-36(43(49)50)20-28-10-12-29(13-11-28)35-18-19-44-27(3)26(35)2/h5-19,22-23,36-38,41,47H,4,20-21,24-25H2,1-3H3,(H,45,48)(H,49,50)/t36-,37-,38-,41?/m0/s1. The molecule has 2 aliphatic rings. The van der Waals surface area contributed by atoms with E-state index in [0.29, 0.717) is 31.1 Å². The second kappa shape index (κ2) is 14.9. The van der Waals surface area contributed by atoms with Crippen LogP contribution in [0.4, 0.5) is 0 Å². The summed E-state index contributed by atoms with van der Waals surface area (Å²) in [6.45, 7) is 6.90. The highest BCUT2D eigenvalue weighted by Gasteiger charge is 2.38. The van der Waals surface area contributed by atoms with Gasteiger partial charge in [-0.2, -0.15) is 0 Å². The van der Waals surface area contributed by atoms with Crippen LogP contribution in [-0.4, -0.2) is 50.7 Å². The molecule has 1 aromatic heterocycles. The summed E-state index contributed by atoms with van der Waals surface area (Å²) in [5.41, 5.74) is 8.97. The van der Waals surface area contributed by atoms with Crippen LogP contribution in [0.2, 0.25) is 0 Å². The molecule has 0 spiro atoms. The van der Waals surface area contributed by atoms with Crippen molar-refractivity contribution in [2.24, 2.45) is 0 Å². The number of benzene rings is 4. The van der Waals surface area contributed by atoms with Gasteiger partial charge in [0, 0.05) is 30.9 Å². The van der Waals surface area contributed by atoms with Crippen LogP contribution in [0.1, 0.15) is 64.6 Å². The van der Waals surface area contributed by atoms with Crippen LogP contribution in [0.5, 0.6) is 17.2 Å². The Labute approximate surface area is 303 Å². The number of hydrogen-bond acceptors (Lipinski definition) is 7. The van der Waals surface area contributed by atoms with Crippen molar-refractivity contribution in [3.05, 3.63) is 142 Å². The first-order valence-corrected chi connectivity index (χ1v) is 17.8. The van der Waals surface area contributed by atoms with E-state index in [4.69, 9.17) is 9.47 Å². The monoisotopic (exact) mass is 697 g/mol. The average Bonchev–Trinajstić information content (AvgIpc) is 3.15. The number of aromatic hydroxyl groups is 1. The highest BCUT2D eigenvalue weighted by atomic mass is 16.6. The van der Waals surface area contributed by atoms with Crippen LogP contribution < -0.4 is 14.8 Å². The highest BCUT2D eigenvalue weighted by molar-refractivity contribution is 5.87. The third-order valence-electron chi connectivity index (χ3n) is 10.4. The largest absolute Gasteiger partial charge is 0.508 e. The SMILES string of the molecule is CC[C@@H](c1ccccc1)N1Cc2cc3c(cc2C[C@H]1C(=O)N[C@@H](Cc1ccc(-c2ccnc(C)c2C)cc1)C(=O)O)OCC(c1ccc(O)cc1)O3. The van der Waals surface area contributed by atoms with Crippen LogP contribution in [0.25, 0.3) is 11.1 Å². The third kappa shape index (κ3) is 7.22. The Morgan fingerprint density at radius 1 is 0.942 bits per heavy atom. The number of carboxylic acids is 1. The van der Waals surface area contributed by atoms with E-state index in [1.54, 1.807) is 18.3 Å². The van der Waals surface area contributed by atoms with Crippen molar-refractivity contribution in [1.29, 1.82) is 0 Å². The molecule has 266 valence electrons. The maximum atomic E-state index is 14.3.